The molecule has 20 atom stereocenters. The molecule has 9 unspecified atom stereocenters. The summed E-state index contributed by atoms with van der Waals surface area (Å²) in [7, 11) is 0. The normalized spacial score (nSPS) is 33.0. The zero-order valence-electron chi connectivity index (χ0n) is 51.6. The van der Waals surface area contributed by atoms with Gasteiger partial charge < -0.3 is 107 Å². The summed E-state index contributed by atoms with van der Waals surface area (Å²) >= 11 is 0. The molecule has 4 rings (SSSR count). The van der Waals surface area contributed by atoms with Gasteiger partial charge in [0.1, 0.15) is 80.4 Å². The van der Waals surface area contributed by atoms with Crippen LogP contribution in [0.5, 0.6) is 0 Å². The molecule has 4 heterocycles. The average Bonchev–Trinajstić information content (AvgIpc) is 1.29. The first kappa shape index (κ1) is 75.4. The fourth-order valence-corrected chi connectivity index (χ4v) is 8.04. The Labute approximate surface area is 499 Å². The van der Waals surface area contributed by atoms with Crippen LogP contribution in [-0.4, -0.2) is 238 Å². The standard InChI is InChI=1S/C44H70O19.C12H22O11/c1-19(2)35(45)53-17-27-29(57-37(47)21(5)6)31(58-38(48)22(7)8)33(60-40(50)24(11)12)43(55-27)62-30-28(18-54-36(46)20(3)4)56-44(63-42(52)26(15)16)34(61-41(51)25(13)14)32(30)59-39(49)23(9)10;13-1-3-5(15)6(16)9(19)12(22-3)23-10-4(2-14)21-11(20)8(18)7(10)17/h19-34,43-44H,17-18H2,1-16H3;3-20H,1-2H2/t27?,28?,29-,30-,31+,32+,33?,34?,43-,44+;3?,4?,5-,6+,7-,8?,9?,10-,11?,12-/m11/s1. The first-order chi connectivity index (χ1) is 40.0. The summed E-state index contributed by atoms with van der Waals surface area (Å²) < 4.78 is 81.2. The predicted octanol–water partition coefficient (Wildman–Crippen LogP) is -1.14. The summed E-state index contributed by atoms with van der Waals surface area (Å²) in [4.78, 5) is 106. The minimum Gasteiger partial charge on any atom is -0.463 e. The SMILES string of the molecule is CC(C)C(=O)OCC1O[C@H](O[C@@H]2C(COC(=O)C(C)C)O[C@@H](OC(=O)C(C)C)C(OC(=O)C(C)C)[C@H]2OC(=O)C(C)C)C(OC(=O)C(C)C)[C@@H](OC(=O)C(C)C)[C@@H]1OC(=O)C(C)C.OCC1O[C@H](O[C@@H]2C(CO)OC(O)C(O)[C@H]2O)C(O)[C@@H](O)[C@@H]1O. The van der Waals surface area contributed by atoms with Gasteiger partial charge in [0, 0.05) is 0 Å². The van der Waals surface area contributed by atoms with Gasteiger partial charge in [-0.15, -0.1) is 0 Å². The fourth-order valence-electron chi connectivity index (χ4n) is 8.04. The Bertz CT molecular complexity index is 2200. The molecule has 0 aliphatic carbocycles. The van der Waals surface area contributed by atoms with Crippen LogP contribution in [0.1, 0.15) is 111 Å². The van der Waals surface area contributed by atoms with Crippen molar-refractivity contribution < 1.29 is 146 Å². The Balaban J connectivity index is 0.000000696. The zero-order valence-corrected chi connectivity index (χ0v) is 51.6. The monoisotopic (exact) mass is 1240 g/mol. The van der Waals surface area contributed by atoms with Crippen molar-refractivity contribution in [2.24, 2.45) is 47.3 Å². The van der Waals surface area contributed by atoms with Crippen LogP contribution in [0, 0.1) is 47.3 Å². The third kappa shape index (κ3) is 20.6. The summed E-state index contributed by atoms with van der Waals surface area (Å²) in [5.41, 5.74) is 0. The number of carbonyl (C=O) groups is 8. The second kappa shape index (κ2) is 34.2. The number of carbonyl (C=O) groups excluding carboxylic acids is 8. The lowest BCUT2D eigenvalue weighted by Crippen LogP contribution is -2.68. The van der Waals surface area contributed by atoms with Crippen molar-refractivity contribution in [3.63, 3.8) is 0 Å². The molecule has 4 saturated heterocycles. The summed E-state index contributed by atoms with van der Waals surface area (Å²) in [6, 6.07) is 0. The Morgan fingerprint density at radius 3 is 1.03 bits per heavy atom. The van der Waals surface area contributed by atoms with E-state index < -0.39 is 244 Å². The molecular weight excluding hydrogens is 1150 g/mol. The molecule has 0 bridgehead atoms. The van der Waals surface area contributed by atoms with Crippen molar-refractivity contribution in [1.82, 2.24) is 0 Å². The van der Waals surface area contributed by atoms with E-state index in [0.29, 0.717) is 0 Å². The second-order valence-electron chi connectivity index (χ2n) is 23.7. The van der Waals surface area contributed by atoms with Crippen LogP contribution in [0.4, 0.5) is 0 Å². The van der Waals surface area contributed by atoms with E-state index in [-0.39, 0.29) is 0 Å². The van der Waals surface area contributed by atoms with Crippen molar-refractivity contribution in [3.8, 4) is 0 Å². The van der Waals surface area contributed by atoms with Crippen LogP contribution in [0.15, 0.2) is 0 Å². The molecule has 4 aliphatic heterocycles. The minimum atomic E-state index is -1.89. The Morgan fingerprint density at radius 1 is 0.302 bits per heavy atom. The zero-order chi connectivity index (χ0) is 65.5. The largest absolute Gasteiger partial charge is 0.463 e. The van der Waals surface area contributed by atoms with Crippen LogP contribution in [0.3, 0.4) is 0 Å². The van der Waals surface area contributed by atoms with Crippen LogP contribution >= 0.6 is 0 Å². The van der Waals surface area contributed by atoms with Gasteiger partial charge in [0.25, 0.3) is 0 Å². The van der Waals surface area contributed by atoms with E-state index in [2.05, 4.69) is 0 Å². The van der Waals surface area contributed by atoms with Crippen molar-refractivity contribution in [1.29, 1.82) is 0 Å². The van der Waals surface area contributed by atoms with E-state index >= 15 is 0 Å². The second-order valence-corrected chi connectivity index (χ2v) is 23.7. The van der Waals surface area contributed by atoms with E-state index in [1.54, 1.807) is 69.2 Å². The number of hydrogen-bond donors (Lipinski definition) is 8. The lowest BCUT2D eigenvalue weighted by molar-refractivity contribution is -0.359. The van der Waals surface area contributed by atoms with Gasteiger partial charge in [-0.25, -0.2) is 0 Å². The average molecular weight is 1250 g/mol. The van der Waals surface area contributed by atoms with Crippen molar-refractivity contribution in [2.45, 2.75) is 234 Å². The number of esters is 8. The molecule has 4 fully saturated rings. The molecule has 86 heavy (non-hydrogen) atoms. The Hall–Kier alpha value is -4.80. The molecule has 496 valence electrons. The van der Waals surface area contributed by atoms with E-state index in [4.69, 9.17) is 71.4 Å². The van der Waals surface area contributed by atoms with Crippen molar-refractivity contribution in [3.05, 3.63) is 0 Å². The molecule has 4 aliphatic rings. The van der Waals surface area contributed by atoms with Gasteiger partial charge in [0.05, 0.1) is 60.6 Å². The molecule has 30 heteroatoms. The van der Waals surface area contributed by atoms with Gasteiger partial charge >= 0.3 is 47.8 Å². The predicted molar refractivity (Wildman–Crippen MR) is 287 cm³/mol. The molecule has 0 amide bonds. The molecule has 0 aromatic carbocycles. The molecule has 0 aromatic heterocycles. The van der Waals surface area contributed by atoms with Gasteiger partial charge in [0.15, 0.2) is 43.3 Å². The maximum atomic E-state index is 13.6. The smallest absolute Gasteiger partial charge is 0.310 e. The van der Waals surface area contributed by atoms with Crippen LogP contribution in [-0.2, 0) is 105 Å². The summed E-state index contributed by atoms with van der Waals surface area (Å²) in [6.45, 7) is 22.3. The van der Waals surface area contributed by atoms with E-state index in [9.17, 15) is 74.1 Å². The first-order valence-electron chi connectivity index (χ1n) is 28.8. The molecule has 0 saturated carbocycles. The van der Waals surface area contributed by atoms with Crippen molar-refractivity contribution in [2.75, 3.05) is 26.4 Å². The molecule has 0 spiro atoms. The van der Waals surface area contributed by atoms with E-state index in [0.717, 1.165) is 0 Å². The van der Waals surface area contributed by atoms with Gasteiger partial charge in [-0.2, -0.15) is 0 Å². The molecule has 0 radical (unpaired) electrons. The van der Waals surface area contributed by atoms with Crippen LogP contribution in [0.2, 0.25) is 0 Å². The first-order valence-corrected chi connectivity index (χ1v) is 28.8. The maximum Gasteiger partial charge on any atom is 0.310 e. The highest BCUT2D eigenvalue weighted by molar-refractivity contribution is 5.75. The number of ether oxygens (including phenoxy) is 14. The molecular formula is C56H92O30. The number of hydrogen-bond acceptors (Lipinski definition) is 30. The van der Waals surface area contributed by atoms with Gasteiger partial charge in [-0.3, -0.25) is 38.4 Å². The molecule has 8 N–H and O–H groups in total. The minimum absolute atomic E-state index is 0.599. The Kier molecular flexibility index (Phi) is 30.0. The quantitative estimate of drug-likeness (QED) is 0.0418. The van der Waals surface area contributed by atoms with Gasteiger partial charge in [-0.05, 0) is 0 Å². The highest BCUT2D eigenvalue weighted by atomic mass is 16.8. The highest BCUT2D eigenvalue weighted by Crippen LogP contribution is 2.38. The van der Waals surface area contributed by atoms with Crippen molar-refractivity contribution >= 4 is 47.8 Å². The maximum absolute atomic E-state index is 13.6. The lowest BCUT2D eigenvalue weighted by Gasteiger charge is -2.49. The van der Waals surface area contributed by atoms with E-state index in [1.807, 2.05) is 0 Å². The van der Waals surface area contributed by atoms with Gasteiger partial charge in [0.2, 0.25) is 12.4 Å². The lowest BCUT2D eigenvalue weighted by atomic mass is 9.95. The van der Waals surface area contributed by atoms with Crippen LogP contribution < -0.4 is 0 Å². The molecule has 0 aromatic rings. The number of aliphatic hydroxyl groups is 8. The fraction of sp³-hybridized carbons (Fsp3) is 0.857. The van der Waals surface area contributed by atoms with Crippen LogP contribution in [0.25, 0.3) is 0 Å². The Morgan fingerprint density at radius 2 is 0.628 bits per heavy atom. The summed E-state index contributed by atoms with van der Waals surface area (Å²) in [5.74, 6) is -12.0. The van der Waals surface area contributed by atoms with E-state index in [1.165, 1.54) is 41.5 Å². The number of rotatable bonds is 24. The summed E-state index contributed by atoms with van der Waals surface area (Å²) in [5, 5.41) is 76.5. The highest BCUT2D eigenvalue weighted by Gasteiger charge is 2.59. The topological polar surface area (TPSA) is 428 Å². The van der Waals surface area contributed by atoms with Gasteiger partial charge in [-0.1, -0.05) is 111 Å². The third-order valence-corrected chi connectivity index (χ3v) is 13.5. The third-order valence-electron chi connectivity index (χ3n) is 13.5. The summed E-state index contributed by atoms with van der Waals surface area (Å²) in [6.07, 6.45) is -32.4. The number of aliphatic hydroxyl groups excluding tert-OH is 8. The molecule has 30 nitrogen and oxygen atoms in total.